The first-order valence-corrected chi connectivity index (χ1v) is 9.86. The van der Waals surface area contributed by atoms with E-state index in [2.05, 4.69) is 45.0 Å². The van der Waals surface area contributed by atoms with Crippen LogP contribution >= 0.6 is 0 Å². The average Bonchev–Trinajstić information content (AvgIpc) is 3.03. The molecule has 146 valence electrons. The number of carbonyl (C=O) groups excluding carboxylic acids is 1. The zero-order valence-corrected chi connectivity index (χ0v) is 16.9. The lowest BCUT2D eigenvalue weighted by molar-refractivity contribution is 0.101. The lowest BCUT2D eigenvalue weighted by atomic mass is 10.0. The lowest BCUT2D eigenvalue weighted by Gasteiger charge is -2.07. The quantitative estimate of drug-likeness (QED) is 0.483. The fourth-order valence-corrected chi connectivity index (χ4v) is 3.24. The maximum Gasteiger partial charge on any atom is 0.231 e. The molecule has 3 nitrogen and oxygen atoms in total. The molecular formula is C26H24O3. The molecule has 4 rings (SSSR count). The van der Waals surface area contributed by atoms with E-state index in [4.69, 9.17) is 9.47 Å². The van der Waals surface area contributed by atoms with Gasteiger partial charge in [-0.25, -0.2) is 0 Å². The van der Waals surface area contributed by atoms with Crippen LogP contribution in [0.15, 0.2) is 72.5 Å². The fourth-order valence-electron chi connectivity index (χ4n) is 3.24. The lowest BCUT2D eigenvalue weighted by Crippen LogP contribution is -1.98. The molecule has 0 radical (unpaired) electrons. The Balaban J connectivity index is 1.48. The maximum atomic E-state index is 12.7. The number of benzene rings is 3. The highest BCUT2D eigenvalue weighted by atomic mass is 16.5. The van der Waals surface area contributed by atoms with E-state index in [0.29, 0.717) is 35.3 Å². The molecule has 0 amide bonds. The van der Waals surface area contributed by atoms with Gasteiger partial charge in [0.15, 0.2) is 5.76 Å². The van der Waals surface area contributed by atoms with Gasteiger partial charge in [-0.3, -0.25) is 4.79 Å². The van der Waals surface area contributed by atoms with Crippen LogP contribution in [0.3, 0.4) is 0 Å². The van der Waals surface area contributed by atoms with Crippen molar-refractivity contribution in [1.29, 1.82) is 0 Å². The van der Waals surface area contributed by atoms with Crippen LogP contribution in [-0.4, -0.2) is 5.78 Å². The van der Waals surface area contributed by atoms with Crippen molar-refractivity contribution in [2.75, 3.05) is 0 Å². The molecule has 3 aromatic rings. The smallest absolute Gasteiger partial charge is 0.231 e. The highest BCUT2D eigenvalue weighted by Crippen LogP contribution is 2.35. The normalized spacial score (nSPS) is 14.2. The topological polar surface area (TPSA) is 35.5 Å². The SMILES string of the molecule is Cc1ccc(COc2ccc3c(c2)O/C(=C\c2ccc(C(C)C)cc2)C3=O)cc1. The van der Waals surface area contributed by atoms with Crippen LogP contribution in [-0.2, 0) is 6.61 Å². The molecule has 1 heterocycles. The van der Waals surface area contributed by atoms with Gasteiger partial charge in [-0.1, -0.05) is 67.9 Å². The Bertz CT molecular complexity index is 1060. The molecule has 3 aromatic carbocycles. The number of rotatable bonds is 5. The molecule has 29 heavy (non-hydrogen) atoms. The molecule has 0 atom stereocenters. The third-order valence-electron chi connectivity index (χ3n) is 5.07. The first-order chi connectivity index (χ1) is 14.0. The molecule has 1 aliphatic heterocycles. The van der Waals surface area contributed by atoms with E-state index < -0.39 is 0 Å². The Hall–Kier alpha value is -3.33. The van der Waals surface area contributed by atoms with Crippen LogP contribution in [0.25, 0.3) is 6.08 Å². The fraction of sp³-hybridized carbons (Fsp3) is 0.192. The van der Waals surface area contributed by atoms with Crippen LogP contribution in [0.2, 0.25) is 0 Å². The van der Waals surface area contributed by atoms with Crippen LogP contribution < -0.4 is 9.47 Å². The van der Waals surface area contributed by atoms with Crippen molar-refractivity contribution in [3.05, 3.63) is 100 Å². The first kappa shape index (κ1) is 19.0. The second kappa shape index (κ2) is 7.96. The van der Waals surface area contributed by atoms with Gasteiger partial charge in [0.2, 0.25) is 5.78 Å². The number of ketones is 1. The number of hydrogen-bond donors (Lipinski definition) is 0. The van der Waals surface area contributed by atoms with Crippen LogP contribution in [0.1, 0.15) is 52.4 Å². The van der Waals surface area contributed by atoms with Crippen molar-refractivity contribution in [1.82, 2.24) is 0 Å². The Morgan fingerprint density at radius 3 is 2.38 bits per heavy atom. The molecule has 1 aliphatic rings. The second-order valence-electron chi connectivity index (χ2n) is 7.69. The highest BCUT2D eigenvalue weighted by molar-refractivity contribution is 6.14. The van der Waals surface area contributed by atoms with Gasteiger partial charge in [-0.15, -0.1) is 0 Å². The first-order valence-electron chi connectivity index (χ1n) is 9.86. The molecular weight excluding hydrogens is 360 g/mol. The molecule has 0 aliphatic carbocycles. The molecule has 0 fully saturated rings. The van der Waals surface area contributed by atoms with E-state index >= 15 is 0 Å². The monoisotopic (exact) mass is 384 g/mol. The summed E-state index contributed by atoms with van der Waals surface area (Å²) in [5.41, 5.74) is 5.10. The molecule has 0 bridgehead atoms. The van der Waals surface area contributed by atoms with E-state index in [1.807, 2.05) is 30.3 Å². The number of Topliss-reactive ketones (excluding diaryl/α,β-unsaturated/α-hetero) is 1. The molecule has 0 spiro atoms. The predicted octanol–water partition coefficient (Wildman–Crippen LogP) is 6.31. The van der Waals surface area contributed by atoms with Crippen LogP contribution in [0.5, 0.6) is 11.5 Å². The Morgan fingerprint density at radius 1 is 0.966 bits per heavy atom. The van der Waals surface area contributed by atoms with Gasteiger partial charge in [0.05, 0.1) is 5.56 Å². The number of hydrogen-bond acceptors (Lipinski definition) is 3. The van der Waals surface area contributed by atoms with E-state index in [-0.39, 0.29) is 5.78 Å². The summed E-state index contributed by atoms with van der Waals surface area (Å²) in [6.45, 7) is 6.85. The van der Waals surface area contributed by atoms with E-state index in [1.165, 1.54) is 11.1 Å². The van der Waals surface area contributed by atoms with Gasteiger partial charge in [0.25, 0.3) is 0 Å². The van der Waals surface area contributed by atoms with Crippen molar-refractivity contribution in [2.45, 2.75) is 33.3 Å². The van der Waals surface area contributed by atoms with E-state index in [9.17, 15) is 4.79 Å². The third kappa shape index (κ3) is 4.24. The van der Waals surface area contributed by atoms with E-state index in [1.54, 1.807) is 18.2 Å². The van der Waals surface area contributed by atoms with Crippen molar-refractivity contribution in [3.8, 4) is 11.5 Å². The molecule has 0 unspecified atom stereocenters. The third-order valence-corrected chi connectivity index (χ3v) is 5.07. The number of ether oxygens (including phenoxy) is 2. The summed E-state index contributed by atoms with van der Waals surface area (Å²) in [7, 11) is 0. The van der Waals surface area contributed by atoms with Crippen LogP contribution in [0, 0.1) is 6.92 Å². The van der Waals surface area contributed by atoms with Gasteiger partial charge in [-0.2, -0.15) is 0 Å². The molecule has 0 saturated carbocycles. The van der Waals surface area contributed by atoms with Crippen molar-refractivity contribution in [2.24, 2.45) is 0 Å². The number of fused-ring (bicyclic) bond motifs is 1. The van der Waals surface area contributed by atoms with Gasteiger partial charge < -0.3 is 9.47 Å². The molecule has 0 aromatic heterocycles. The Labute approximate surface area is 171 Å². The minimum Gasteiger partial charge on any atom is -0.489 e. The summed E-state index contributed by atoms with van der Waals surface area (Å²) < 4.78 is 11.7. The van der Waals surface area contributed by atoms with Crippen molar-refractivity contribution in [3.63, 3.8) is 0 Å². The summed E-state index contributed by atoms with van der Waals surface area (Å²) in [5, 5.41) is 0. The van der Waals surface area contributed by atoms with E-state index in [0.717, 1.165) is 11.1 Å². The summed E-state index contributed by atoms with van der Waals surface area (Å²) in [5.74, 6) is 1.94. The van der Waals surface area contributed by atoms with Crippen molar-refractivity contribution >= 4 is 11.9 Å². The summed E-state index contributed by atoms with van der Waals surface area (Å²) in [6, 6.07) is 21.8. The number of carbonyl (C=O) groups is 1. The Morgan fingerprint density at radius 2 is 1.69 bits per heavy atom. The largest absolute Gasteiger partial charge is 0.489 e. The summed E-state index contributed by atoms with van der Waals surface area (Å²) in [4.78, 5) is 12.7. The molecule has 3 heteroatoms. The number of aryl methyl sites for hydroxylation is 1. The van der Waals surface area contributed by atoms with Crippen LogP contribution in [0.4, 0.5) is 0 Å². The van der Waals surface area contributed by atoms with Crippen molar-refractivity contribution < 1.29 is 14.3 Å². The minimum atomic E-state index is -0.0991. The zero-order valence-electron chi connectivity index (χ0n) is 16.9. The Kier molecular flexibility index (Phi) is 5.22. The standard InChI is InChI=1S/C26H24O3/c1-17(2)21-10-8-19(9-11-21)14-25-26(27)23-13-12-22(15-24(23)29-25)28-16-20-6-4-18(3)5-7-20/h4-15,17H,16H2,1-3H3/b25-14-. The summed E-state index contributed by atoms with van der Waals surface area (Å²) >= 11 is 0. The van der Waals surface area contributed by atoms with Gasteiger partial charge in [0.1, 0.15) is 18.1 Å². The summed E-state index contributed by atoms with van der Waals surface area (Å²) in [6.07, 6.45) is 1.79. The highest BCUT2D eigenvalue weighted by Gasteiger charge is 2.27. The average molecular weight is 384 g/mol. The second-order valence-corrected chi connectivity index (χ2v) is 7.69. The predicted molar refractivity (Wildman–Crippen MR) is 115 cm³/mol. The number of allylic oxidation sites excluding steroid dienone is 1. The molecule has 0 saturated heterocycles. The maximum absolute atomic E-state index is 12.7. The van der Waals surface area contributed by atoms with Gasteiger partial charge in [-0.05, 0) is 47.7 Å². The molecule has 0 N–H and O–H groups in total. The van der Waals surface area contributed by atoms with Gasteiger partial charge in [0, 0.05) is 6.07 Å². The van der Waals surface area contributed by atoms with Gasteiger partial charge >= 0.3 is 0 Å². The zero-order chi connectivity index (χ0) is 20.4. The minimum absolute atomic E-state index is 0.0991.